The predicted molar refractivity (Wildman–Crippen MR) is 115 cm³/mol. The number of aromatic nitrogens is 2. The highest BCUT2D eigenvalue weighted by Crippen LogP contribution is 2.49. The van der Waals surface area contributed by atoms with E-state index in [-0.39, 0.29) is 49.0 Å². The van der Waals surface area contributed by atoms with Crippen LogP contribution in [0.4, 0.5) is 10.1 Å². The molecule has 2 amide bonds. The minimum Gasteiger partial charge on any atom is -0.454 e. The molecule has 1 aliphatic carbocycles. The Hall–Kier alpha value is -4.08. The van der Waals surface area contributed by atoms with E-state index in [1.165, 1.54) is 34.1 Å². The van der Waals surface area contributed by atoms with E-state index in [4.69, 9.17) is 9.26 Å². The van der Waals surface area contributed by atoms with Crippen molar-refractivity contribution in [3.05, 3.63) is 65.7 Å². The molecule has 3 heterocycles. The Morgan fingerprint density at radius 3 is 2.68 bits per heavy atom. The topological polar surface area (TPSA) is 106 Å². The van der Waals surface area contributed by atoms with Crippen LogP contribution in [-0.2, 0) is 20.9 Å². The summed E-state index contributed by atoms with van der Waals surface area (Å²) in [6, 6.07) is 12.2. The average molecular weight is 462 g/mol. The Balaban J connectivity index is 1.30. The number of carbonyl (C=O) groups is 3. The fourth-order valence-corrected chi connectivity index (χ4v) is 4.78. The van der Waals surface area contributed by atoms with Gasteiger partial charge in [0.15, 0.2) is 6.61 Å². The molecule has 2 aromatic carbocycles. The van der Waals surface area contributed by atoms with E-state index < -0.39 is 17.4 Å². The molecule has 0 radical (unpaired) electrons. The number of hydrogen-bond donors (Lipinski definition) is 0. The molecule has 1 aromatic heterocycles. The summed E-state index contributed by atoms with van der Waals surface area (Å²) < 4.78 is 23.9. The second-order valence-electron chi connectivity index (χ2n) is 8.57. The Bertz CT molecular complexity index is 1320. The molecule has 1 saturated carbocycles. The van der Waals surface area contributed by atoms with Gasteiger partial charge < -0.3 is 14.2 Å². The van der Waals surface area contributed by atoms with E-state index in [1.807, 2.05) is 0 Å². The maximum absolute atomic E-state index is 13.6. The number of anilines is 1. The molecule has 9 nitrogen and oxygen atoms in total. The first-order valence-electron chi connectivity index (χ1n) is 11.0. The lowest BCUT2D eigenvalue weighted by Gasteiger charge is -2.48. The lowest BCUT2D eigenvalue weighted by Crippen LogP contribution is -2.69. The van der Waals surface area contributed by atoms with Gasteiger partial charge in [0.25, 0.3) is 11.8 Å². The van der Waals surface area contributed by atoms with Gasteiger partial charge in [-0.3, -0.25) is 14.5 Å². The number of para-hydroxylation sites is 1. The number of hydrogen-bond acceptors (Lipinski definition) is 7. The standard InChI is InChI=1S/C24H19FN4O5/c25-15-7-5-14(6-8-15)21-26-19(27-34-21)13-33-23(32)24-12-11-20(30)29(24)18-4-2-1-3-17(18)22(31)28(24)16-9-10-16/h1-8,16H,9-13H2. The number of fused-ring (bicyclic) bond motifs is 3. The van der Waals surface area contributed by atoms with Gasteiger partial charge in [0.1, 0.15) is 5.82 Å². The zero-order chi connectivity index (χ0) is 23.4. The maximum atomic E-state index is 13.6. The number of benzene rings is 2. The average Bonchev–Trinajstić information content (AvgIpc) is 3.45. The second kappa shape index (κ2) is 7.47. The largest absolute Gasteiger partial charge is 0.454 e. The monoisotopic (exact) mass is 462 g/mol. The van der Waals surface area contributed by atoms with Crippen LogP contribution in [0.3, 0.4) is 0 Å². The van der Waals surface area contributed by atoms with Crippen molar-refractivity contribution in [2.75, 3.05) is 4.90 Å². The van der Waals surface area contributed by atoms with Crippen molar-refractivity contribution in [3.63, 3.8) is 0 Å². The second-order valence-corrected chi connectivity index (χ2v) is 8.57. The number of amides is 2. The zero-order valence-electron chi connectivity index (χ0n) is 17.9. The molecule has 1 saturated heterocycles. The lowest BCUT2D eigenvalue weighted by molar-refractivity contribution is -0.159. The van der Waals surface area contributed by atoms with E-state index >= 15 is 0 Å². The van der Waals surface area contributed by atoms with Gasteiger partial charge in [0.2, 0.25) is 17.4 Å². The molecule has 3 aliphatic rings. The summed E-state index contributed by atoms with van der Waals surface area (Å²) in [5.74, 6) is -1.35. The van der Waals surface area contributed by atoms with Crippen molar-refractivity contribution in [3.8, 4) is 11.5 Å². The SMILES string of the molecule is O=C1CCC2(C(=O)OCc3noc(-c4ccc(F)cc4)n3)N1c1ccccc1C(=O)N2C1CC1. The quantitative estimate of drug-likeness (QED) is 0.537. The van der Waals surface area contributed by atoms with Crippen LogP contribution in [-0.4, -0.2) is 44.5 Å². The number of rotatable bonds is 5. The summed E-state index contributed by atoms with van der Waals surface area (Å²) in [7, 11) is 0. The molecule has 0 spiro atoms. The van der Waals surface area contributed by atoms with Gasteiger partial charge >= 0.3 is 5.97 Å². The number of esters is 1. The highest BCUT2D eigenvalue weighted by atomic mass is 19.1. The summed E-state index contributed by atoms with van der Waals surface area (Å²) in [6.45, 7) is -0.304. The van der Waals surface area contributed by atoms with Gasteiger partial charge in [-0.15, -0.1) is 0 Å². The zero-order valence-corrected chi connectivity index (χ0v) is 17.9. The minimum atomic E-state index is -1.53. The van der Waals surface area contributed by atoms with Crippen molar-refractivity contribution in [1.82, 2.24) is 15.0 Å². The van der Waals surface area contributed by atoms with E-state index in [0.717, 1.165) is 12.8 Å². The number of halogens is 1. The summed E-state index contributed by atoms with van der Waals surface area (Å²) in [6.07, 6.45) is 1.79. The fourth-order valence-electron chi connectivity index (χ4n) is 4.78. The Labute approximate surface area is 193 Å². The molecule has 0 bridgehead atoms. The molecule has 2 fully saturated rings. The molecule has 1 unspecified atom stereocenters. The number of nitrogens with zero attached hydrogens (tertiary/aromatic N) is 4. The normalized spacial score (nSPS) is 21.4. The maximum Gasteiger partial charge on any atom is 0.354 e. The third kappa shape index (κ3) is 3.01. The van der Waals surface area contributed by atoms with E-state index in [0.29, 0.717) is 16.8 Å². The molecule has 2 aliphatic heterocycles. The van der Waals surface area contributed by atoms with Crippen molar-refractivity contribution in [2.45, 2.75) is 44.0 Å². The van der Waals surface area contributed by atoms with E-state index in [9.17, 15) is 18.8 Å². The van der Waals surface area contributed by atoms with Gasteiger partial charge in [-0.2, -0.15) is 4.98 Å². The fraction of sp³-hybridized carbons (Fsp3) is 0.292. The number of carbonyl (C=O) groups excluding carboxylic acids is 3. The van der Waals surface area contributed by atoms with Gasteiger partial charge in [-0.05, 0) is 49.2 Å². The van der Waals surface area contributed by atoms with Crippen LogP contribution in [0.1, 0.15) is 41.9 Å². The smallest absolute Gasteiger partial charge is 0.354 e. The first kappa shape index (κ1) is 20.5. The Kier molecular flexibility index (Phi) is 4.51. The molecular formula is C24H19FN4O5. The molecule has 34 heavy (non-hydrogen) atoms. The predicted octanol–water partition coefficient (Wildman–Crippen LogP) is 3.06. The summed E-state index contributed by atoms with van der Waals surface area (Å²) >= 11 is 0. The van der Waals surface area contributed by atoms with Crippen LogP contribution < -0.4 is 4.90 Å². The van der Waals surface area contributed by atoms with Crippen LogP contribution >= 0.6 is 0 Å². The third-order valence-electron chi connectivity index (χ3n) is 6.43. The molecule has 6 rings (SSSR count). The number of ether oxygens (including phenoxy) is 1. The highest BCUT2D eigenvalue weighted by molar-refractivity contribution is 6.15. The molecule has 1 atom stereocenters. The van der Waals surface area contributed by atoms with Crippen molar-refractivity contribution in [1.29, 1.82) is 0 Å². The Morgan fingerprint density at radius 1 is 1.15 bits per heavy atom. The summed E-state index contributed by atoms with van der Waals surface area (Å²) in [5, 5.41) is 3.83. The summed E-state index contributed by atoms with van der Waals surface area (Å²) in [4.78, 5) is 47.1. The molecule has 172 valence electrons. The summed E-state index contributed by atoms with van der Waals surface area (Å²) in [5.41, 5.74) is -0.197. The van der Waals surface area contributed by atoms with Crippen LogP contribution in [0.5, 0.6) is 0 Å². The van der Waals surface area contributed by atoms with Crippen LogP contribution in [0, 0.1) is 5.82 Å². The minimum absolute atomic E-state index is 0.112. The lowest BCUT2D eigenvalue weighted by atomic mass is 9.96. The van der Waals surface area contributed by atoms with Gasteiger partial charge in [-0.1, -0.05) is 17.3 Å². The van der Waals surface area contributed by atoms with Crippen LogP contribution in [0.2, 0.25) is 0 Å². The van der Waals surface area contributed by atoms with E-state index in [1.54, 1.807) is 24.3 Å². The molecule has 10 heteroatoms. The molecular weight excluding hydrogens is 443 g/mol. The Morgan fingerprint density at radius 2 is 1.91 bits per heavy atom. The third-order valence-corrected chi connectivity index (χ3v) is 6.43. The molecule has 0 N–H and O–H groups in total. The first-order valence-corrected chi connectivity index (χ1v) is 11.0. The van der Waals surface area contributed by atoms with Crippen LogP contribution in [0.25, 0.3) is 11.5 Å². The molecule has 3 aromatic rings. The van der Waals surface area contributed by atoms with E-state index in [2.05, 4.69) is 10.1 Å². The van der Waals surface area contributed by atoms with Crippen LogP contribution in [0.15, 0.2) is 53.1 Å². The van der Waals surface area contributed by atoms with Gasteiger partial charge in [0, 0.05) is 24.4 Å². The van der Waals surface area contributed by atoms with Crippen molar-refractivity contribution in [2.24, 2.45) is 0 Å². The van der Waals surface area contributed by atoms with Gasteiger partial charge in [-0.25, -0.2) is 9.18 Å². The van der Waals surface area contributed by atoms with Crippen molar-refractivity contribution >= 4 is 23.5 Å². The highest BCUT2D eigenvalue weighted by Gasteiger charge is 2.64. The first-order chi connectivity index (χ1) is 16.5. The van der Waals surface area contributed by atoms with Crippen molar-refractivity contribution < 1.29 is 28.0 Å². The van der Waals surface area contributed by atoms with Gasteiger partial charge in [0.05, 0.1) is 11.3 Å².